The third-order valence-corrected chi connectivity index (χ3v) is 3.07. The molecule has 0 atom stereocenters. The van der Waals surface area contributed by atoms with Gasteiger partial charge in [-0.1, -0.05) is 0 Å². The fraction of sp³-hybridized carbons (Fsp3) is 0.400. The van der Waals surface area contributed by atoms with Gasteiger partial charge in [0.2, 0.25) is 5.91 Å². The molecule has 3 nitrogen and oxygen atoms in total. The standard InChI is InChI=1S/C10H10N2O/c1-12-7-3-2-6-11-8(7)10(4-5-10)9(12)13/h2-3,6H,4-5H2,1H3. The summed E-state index contributed by atoms with van der Waals surface area (Å²) >= 11 is 0. The van der Waals surface area contributed by atoms with E-state index in [9.17, 15) is 4.79 Å². The Kier molecular flexibility index (Phi) is 1.04. The van der Waals surface area contributed by atoms with Gasteiger partial charge in [-0.25, -0.2) is 0 Å². The van der Waals surface area contributed by atoms with Crippen molar-refractivity contribution in [3.63, 3.8) is 0 Å². The number of hydrogen-bond acceptors (Lipinski definition) is 2. The van der Waals surface area contributed by atoms with Crippen LogP contribution in [0.25, 0.3) is 0 Å². The summed E-state index contributed by atoms with van der Waals surface area (Å²) in [4.78, 5) is 17.9. The summed E-state index contributed by atoms with van der Waals surface area (Å²) in [6, 6.07) is 3.84. The van der Waals surface area contributed by atoms with Crippen molar-refractivity contribution in [2.75, 3.05) is 11.9 Å². The highest BCUT2D eigenvalue weighted by Crippen LogP contribution is 2.55. The Morgan fingerprint density at radius 1 is 1.54 bits per heavy atom. The number of nitrogens with zero attached hydrogens (tertiary/aromatic N) is 2. The Hall–Kier alpha value is -1.38. The lowest BCUT2D eigenvalue weighted by Crippen LogP contribution is -2.28. The van der Waals surface area contributed by atoms with Gasteiger partial charge < -0.3 is 4.90 Å². The number of fused-ring (bicyclic) bond motifs is 2. The van der Waals surface area contributed by atoms with Crippen LogP contribution in [0.3, 0.4) is 0 Å². The lowest BCUT2D eigenvalue weighted by atomic mass is 10.0. The number of likely N-dealkylation sites (N-methyl/N-ethyl adjacent to an activating group) is 1. The maximum atomic E-state index is 11.8. The maximum Gasteiger partial charge on any atom is 0.239 e. The second-order valence-corrected chi connectivity index (χ2v) is 3.82. The second-order valence-electron chi connectivity index (χ2n) is 3.82. The molecule has 1 spiro atoms. The molecule has 0 bridgehead atoms. The number of anilines is 1. The summed E-state index contributed by atoms with van der Waals surface area (Å²) < 4.78 is 0. The van der Waals surface area contributed by atoms with Gasteiger partial charge in [-0.3, -0.25) is 9.78 Å². The minimum atomic E-state index is -0.217. The Bertz CT molecular complexity index is 396. The first kappa shape index (κ1) is 7.06. The molecule has 1 amide bonds. The van der Waals surface area contributed by atoms with Gasteiger partial charge in [0.25, 0.3) is 0 Å². The second kappa shape index (κ2) is 1.92. The quantitative estimate of drug-likeness (QED) is 0.590. The largest absolute Gasteiger partial charge is 0.313 e. The molecule has 1 saturated carbocycles. The molecule has 3 rings (SSSR count). The minimum absolute atomic E-state index is 0.217. The Labute approximate surface area is 76.4 Å². The molecule has 0 aromatic carbocycles. The number of carbonyl (C=O) groups is 1. The molecule has 0 unspecified atom stereocenters. The molecule has 0 N–H and O–H groups in total. The van der Waals surface area contributed by atoms with Gasteiger partial charge in [0.1, 0.15) is 0 Å². The summed E-state index contributed by atoms with van der Waals surface area (Å²) in [5.41, 5.74) is 1.76. The molecule has 66 valence electrons. The predicted octanol–water partition coefficient (Wildman–Crippen LogP) is 1.09. The zero-order chi connectivity index (χ0) is 9.05. The summed E-state index contributed by atoms with van der Waals surface area (Å²) in [5, 5.41) is 0. The highest BCUT2D eigenvalue weighted by atomic mass is 16.2. The van der Waals surface area contributed by atoms with Gasteiger partial charge in [-0.05, 0) is 25.0 Å². The molecule has 1 aromatic heterocycles. The smallest absolute Gasteiger partial charge is 0.239 e. The van der Waals surface area contributed by atoms with Crippen LogP contribution in [0.4, 0.5) is 5.69 Å². The van der Waals surface area contributed by atoms with Crippen LogP contribution in [0.5, 0.6) is 0 Å². The molecule has 2 heterocycles. The van der Waals surface area contributed by atoms with Crippen molar-refractivity contribution in [1.29, 1.82) is 0 Å². The SMILES string of the molecule is CN1C(=O)C2(CC2)c2ncccc21. The molecule has 13 heavy (non-hydrogen) atoms. The van der Waals surface area contributed by atoms with Gasteiger partial charge >= 0.3 is 0 Å². The van der Waals surface area contributed by atoms with Crippen LogP contribution < -0.4 is 4.90 Å². The first-order valence-corrected chi connectivity index (χ1v) is 4.49. The highest BCUT2D eigenvalue weighted by molar-refractivity contribution is 6.09. The average molecular weight is 174 g/mol. The third-order valence-electron chi connectivity index (χ3n) is 3.07. The molecule has 1 aromatic rings. The molecule has 1 fully saturated rings. The van der Waals surface area contributed by atoms with E-state index >= 15 is 0 Å². The van der Waals surface area contributed by atoms with Gasteiger partial charge in [-0.2, -0.15) is 0 Å². The van der Waals surface area contributed by atoms with E-state index in [1.165, 1.54) is 0 Å². The maximum absolute atomic E-state index is 11.8. The Morgan fingerprint density at radius 3 is 3.00 bits per heavy atom. The van der Waals surface area contributed by atoms with Crippen LogP contribution in [0.2, 0.25) is 0 Å². The van der Waals surface area contributed by atoms with Crippen LogP contribution in [0, 0.1) is 0 Å². The summed E-state index contributed by atoms with van der Waals surface area (Å²) in [7, 11) is 1.83. The summed E-state index contributed by atoms with van der Waals surface area (Å²) in [6.07, 6.45) is 3.71. The molecular weight excluding hydrogens is 164 g/mol. The fourth-order valence-corrected chi connectivity index (χ4v) is 2.14. The number of aromatic nitrogens is 1. The Morgan fingerprint density at radius 2 is 2.31 bits per heavy atom. The monoisotopic (exact) mass is 174 g/mol. The van der Waals surface area contributed by atoms with Crippen LogP contribution in [0.15, 0.2) is 18.3 Å². The predicted molar refractivity (Wildman–Crippen MR) is 48.6 cm³/mol. The van der Waals surface area contributed by atoms with Crippen molar-refractivity contribution in [3.8, 4) is 0 Å². The number of amides is 1. The van der Waals surface area contributed by atoms with Crippen molar-refractivity contribution >= 4 is 11.6 Å². The molecule has 0 radical (unpaired) electrons. The van der Waals surface area contributed by atoms with Crippen molar-refractivity contribution in [3.05, 3.63) is 24.0 Å². The fourth-order valence-electron chi connectivity index (χ4n) is 2.14. The molecule has 3 heteroatoms. The zero-order valence-corrected chi connectivity index (χ0v) is 7.45. The molecule has 1 aliphatic carbocycles. The summed E-state index contributed by atoms with van der Waals surface area (Å²) in [5.74, 6) is 0.223. The average Bonchev–Trinajstić information content (AvgIpc) is 2.93. The highest BCUT2D eigenvalue weighted by Gasteiger charge is 2.59. The van der Waals surface area contributed by atoms with Crippen molar-refractivity contribution in [2.24, 2.45) is 0 Å². The topological polar surface area (TPSA) is 33.2 Å². The van der Waals surface area contributed by atoms with Crippen LogP contribution in [-0.4, -0.2) is 17.9 Å². The van der Waals surface area contributed by atoms with Gasteiger partial charge in [0, 0.05) is 13.2 Å². The van der Waals surface area contributed by atoms with Gasteiger partial charge in [0.05, 0.1) is 16.8 Å². The van der Waals surface area contributed by atoms with E-state index in [0.717, 1.165) is 24.2 Å². The first-order chi connectivity index (χ1) is 6.26. The van der Waals surface area contributed by atoms with E-state index in [4.69, 9.17) is 0 Å². The number of pyridine rings is 1. The number of carbonyl (C=O) groups excluding carboxylic acids is 1. The first-order valence-electron chi connectivity index (χ1n) is 4.49. The van der Waals surface area contributed by atoms with E-state index in [2.05, 4.69) is 4.98 Å². The minimum Gasteiger partial charge on any atom is -0.313 e. The molecular formula is C10H10N2O. The van der Waals surface area contributed by atoms with Crippen LogP contribution >= 0.6 is 0 Å². The number of hydrogen-bond donors (Lipinski definition) is 0. The van der Waals surface area contributed by atoms with E-state index in [1.807, 2.05) is 19.2 Å². The van der Waals surface area contributed by atoms with Crippen molar-refractivity contribution in [1.82, 2.24) is 4.98 Å². The van der Waals surface area contributed by atoms with Crippen LogP contribution in [-0.2, 0) is 10.2 Å². The molecule has 2 aliphatic rings. The lowest BCUT2D eigenvalue weighted by Gasteiger charge is -2.08. The third kappa shape index (κ3) is 0.658. The van der Waals surface area contributed by atoms with Gasteiger partial charge in [0.15, 0.2) is 0 Å². The van der Waals surface area contributed by atoms with Gasteiger partial charge in [-0.15, -0.1) is 0 Å². The Balaban J connectivity index is 2.27. The number of rotatable bonds is 0. The van der Waals surface area contributed by atoms with E-state index < -0.39 is 0 Å². The van der Waals surface area contributed by atoms with E-state index in [1.54, 1.807) is 11.1 Å². The normalized spacial score (nSPS) is 22.2. The van der Waals surface area contributed by atoms with E-state index in [-0.39, 0.29) is 11.3 Å². The van der Waals surface area contributed by atoms with Crippen molar-refractivity contribution in [2.45, 2.75) is 18.3 Å². The van der Waals surface area contributed by atoms with Crippen LogP contribution in [0.1, 0.15) is 18.5 Å². The van der Waals surface area contributed by atoms with Crippen molar-refractivity contribution < 1.29 is 4.79 Å². The van der Waals surface area contributed by atoms with E-state index in [0.29, 0.717) is 0 Å². The zero-order valence-electron chi connectivity index (χ0n) is 7.45. The summed E-state index contributed by atoms with van der Waals surface area (Å²) in [6.45, 7) is 0. The molecule has 0 saturated heterocycles. The molecule has 1 aliphatic heterocycles. The lowest BCUT2D eigenvalue weighted by molar-refractivity contribution is -0.120.